The maximum absolute atomic E-state index is 11.8. The van der Waals surface area contributed by atoms with Crippen LogP contribution in [0.4, 0.5) is 5.95 Å². The van der Waals surface area contributed by atoms with Crippen LogP contribution >= 0.6 is 0 Å². The second kappa shape index (κ2) is 5.75. The van der Waals surface area contributed by atoms with Crippen molar-refractivity contribution in [3.63, 3.8) is 0 Å². The van der Waals surface area contributed by atoms with Crippen molar-refractivity contribution < 1.29 is 13.2 Å². The third-order valence-electron chi connectivity index (χ3n) is 3.15. The van der Waals surface area contributed by atoms with Crippen LogP contribution in [0.5, 0.6) is 0 Å². The van der Waals surface area contributed by atoms with Crippen molar-refractivity contribution in [2.24, 2.45) is 0 Å². The van der Waals surface area contributed by atoms with Crippen molar-refractivity contribution in [2.45, 2.75) is 25.4 Å². The van der Waals surface area contributed by atoms with Crippen LogP contribution < -0.4 is 11.1 Å². The molecule has 10 heteroatoms. The summed E-state index contributed by atoms with van der Waals surface area (Å²) >= 11 is 0. The van der Waals surface area contributed by atoms with Crippen molar-refractivity contribution in [1.29, 1.82) is 0 Å². The van der Waals surface area contributed by atoms with E-state index >= 15 is 0 Å². The molecule has 1 fully saturated rings. The standard InChI is InChI=1S/C10H18N6O3S/c1-20(18,19)16-4-2-8(3-5-16)13-9(17)6-15-7-12-10(11)14-15/h7-8H,2-6H2,1H3,(H2,11,14)(H,13,17). The number of nitrogens with zero attached hydrogens (tertiary/aromatic N) is 4. The van der Waals surface area contributed by atoms with Gasteiger partial charge >= 0.3 is 0 Å². The first-order valence-corrected chi connectivity index (χ1v) is 8.09. The molecular weight excluding hydrogens is 284 g/mol. The molecule has 0 aromatic carbocycles. The first-order chi connectivity index (χ1) is 9.34. The maximum atomic E-state index is 11.8. The predicted octanol–water partition coefficient (Wildman–Crippen LogP) is -1.60. The van der Waals surface area contributed by atoms with Crippen LogP contribution in [0.3, 0.4) is 0 Å². The molecule has 1 aliphatic heterocycles. The van der Waals surface area contributed by atoms with E-state index in [-0.39, 0.29) is 24.4 Å². The highest BCUT2D eigenvalue weighted by Crippen LogP contribution is 2.13. The topological polar surface area (TPSA) is 123 Å². The number of hydrogen-bond acceptors (Lipinski definition) is 6. The molecule has 9 nitrogen and oxygen atoms in total. The fourth-order valence-corrected chi connectivity index (χ4v) is 3.01. The van der Waals surface area contributed by atoms with Gasteiger partial charge in [-0.2, -0.15) is 0 Å². The summed E-state index contributed by atoms with van der Waals surface area (Å²) in [5.41, 5.74) is 5.36. The maximum Gasteiger partial charge on any atom is 0.242 e. The van der Waals surface area contributed by atoms with E-state index in [0.29, 0.717) is 25.9 Å². The number of nitrogens with one attached hydrogen (secondary N) is 1. The van der Waals surface area contributed by atoms with Gasteiger partial charge in [-0.25, -0.2) is 22.4 Å². The quantitative estimate of drug-likeness (QED) is 0.690. The van der Waals surface area contributed by atoms with Gasteiger partial charge in [0.05, 0.1) is 6.26 Å². The lowest BCUT2D eigenvalue weighted by atomic mass is 10.1. The number of nitrogen functional groups attached to an aromatic ring is 1. The number of carbonyl (C=O) groups excluding carboxylic acids is 1. The molecule has 0 atom stereocenters. The predicted molar refractivity (Wildman–Crippen MR) is 72.0 cm³/mol. The molecule has 0 radical (unpaired) electrons. The number of rotatable bonds is 4. The Bertz CT molecular complexity index is 576. The van der Waals surface area contributed by atoms with Gasteiger partial charge in [0.15, 0.2) is 0 Å². The Labute approximate surface area is 117 Å². The fourth-order valence-electron chi connectivity index (χ4n) is 2.14. The minimum atomic E-state index is -3.14. The van der Waals surface area contributed by atoms with E-state index in [1.54, 1.807) is 0 Å². The molecule has 1 saturated heterocycles. The van der Waals surface area contributed by atoms with Crippen LogP contribution in [0.15, 0.2) is 6.33 Å². The number of amides is 1. The van der Waals surface area contributed by atoms with Crippen LogP contribution in [0, 0.1) is 0 Å². The fraction of sp³-hybridized carbons (Fsp3) is 0.700. The van der Waals surface area contributed by atoms with Gasteiger partial charge in [-0.1, -0.05) is 0 Å². The largest absolute Gasteiger partial charge is 0.367 e. The molecule has 1 aliphatic rings. The third-order valence-corrected chi connectivity index (χ3v) is 4.45. The van der Waals surface area contributed by atoms with Gasteiger partial charge in [0.25, 0.3) is 0 Å². The Morgan fingerprint density at radius 2 is 2.15 bits per heavy atom. The van der Waals surface area contributed by atoms with Gasteiger partial charge in [0.2, 0.25) is 21.9 Å². The molecule has 20 heavy (non-hydrogen) atoms. The first kappa shape index (κ1) is 14.7. The van der Waals surface area contributed by atoms with Crippen LogP contribution in [0.1, 0.15) is 12.8 Å². The lowest BCUT2D eigenvalue weighted by Gasteiger charge is -2.30. The van der Waals surface area contributed by atoms with E-state index in [2.05, 4.69) is 15.4 Å². The minimum Gasteiger partial charge on any atom is -0.367 e. The molecule has 0 unspecified atom stereocenters. The smallest absolute Gasteiger partial charge is 0.242 e. The van der Waals surface area contributed by atoms with E-state index < -0.39 is 10.0 Å². The molecule has 0 bridgehead atoms. The molecule has 1 amide bonds. The molecule has 112 valence electrons. The van der Waals surface area contributed by atoms with Crippen molar-refractivity contribution in [3.05, 3.63) is 6.33 Å². The highest BCUT2D eigenvalue weighted by Gasteiger charge is 2.25. The summed E-state index contributed by atoms with van der Waals surface area (Å²) < 4.78 is 25.5. The summed E-state index contributed by atoms with van der Waals surface area (Å²) in [6, 6.07) is -0.0126. The van der Waals surface area contributed by atoms with Crippen LogP contribution in [0.2, 0.25) is 0 Å². The summed E-state index contributed by atoms with van der Waals surface area (Å²) in [6.07, 6.45) is 3.80. The van der Waals surface area contributed by atoms with Gasteiger partial charge < -0.3 is 11.1 Å². The normalized spacial score (nSPS) is 18.1. The summed E-state index contributed by atoms with van der Waals surface area (Å²) in [4.78, 5) is 15.5. The Morgan fingerprint density at radius 3 is 2.65 bits per heavy atom. The van der Waals surface area contributed by atoms with Gasteiger partial charge in [-0.3, -0.25) is 4.79 Å². The molecule has 2 heterocycles. The zero-order chi connectivity index (χ0) is 14.8. The van der Waals surface area contributed by atoms with Crippen molar-refractivity contribution in [1.82, 2.24) is 24.4 Å². The molecular formula is C10H18N6O3S. The summed E-state index contributed by atoms with van der Waals surface area (Å²) in [6.45, 7) is 0.913. The summed E-state index contributed by atoms with van der Waals surface area (Å²) in [5.74, 6) is -0.0630. The minimum absolute atomic E-state index is 0.0126. The molecule has 1 aromatic heterocycles. The summed E-state index contributed by atoms with van der Waals surface area (Å²) in [5, 5.41) is 6.68. The molecule has 0 spiro atoms. The van der Waals surface area contributed by atoms with Crippen molar-refractivity contribution >= 4 is 21.9 Å². The monoisotopic (exact) mass is 302 g/mol. The van der Waals surface area contributed by atoms with Crippen molar-refractivity contribution in [3.8, 4) is 0 Å². The molecule has 1 aromatic rings. The molecule has 0 saturated carbocycles. The van der Waals surface area contributed by atoms with Gasteiger partial charge in [-0.05, 0) is 12.8 Å². The van der Waals surface area contributed by atoms with Crippen LogP contribution in [-0.4, -0.2) is 58.8 Å². The van der Waals surface area contributed by atoms with E-state index in [0.717, 1.165) is 0 Å². The number of aromatic nitrogens is 3. The molecule has 3 N–H and O–H groups in total. The van der Waals surface area contributed by atoms with Gasteiger partial charge in [0.1, 0.15) is 12.9 Å². The van der Waals surface area contributed by atoms with E-state index in [4.69, 9.17) is 5.73 Å². The third kappa shape index (κ3) is 3.90. The number of carbonyl (C=O) groups is 1. The average molecular weight is 302 g/mol. The number of hydrogen-bond donors (Lipinski definition) is 2. The zero-order valence-electron chi connectivity index (χ0n) is 11.2. The Kier molecular flexibility index (Phi) is 4.23. The Morgan fingerprint density at radius 1 is 1.50 bits per heavy atom. The Hall–Kier alpha value is -1.68. The number of nitrogens with two attached hydrogens (primary N) is 1. The van der Waals surface area contributed by atoms with Crippen molar-refractivity contribution in [2.75, 3.05) is 25.1 Å². The SMILES string of the molecule is CS(=O)(=O)N1CCC(NC(=O)Cn2cnc(N)n2)CC1. The summed E-state index contributed by atoms with van der Waals surface area (Å²) in [7, 11) is -3.14. The van der Waals surface area contributed by atoms with Gasteiger partial charge in [0, 0.05) is 19.1 Å². The number of anilines is 1. The molecule has 2 rings (SSSR count). The van der Waals surface area contributed by atoms with Crippen LogP contribution in [0.25, 0.3) is 0 Å². The lowest BCUT2D eigenvalue weighted by molar-refractivity contribution is -0.122. The van der Waals surface area contributed by atoms with Crippen LogP contribution in [-0.2, 0) is 21.4 Å². The second-order valence-corrected chi connectivity index (χ2v) is 6.79. The average Bonchev–Trinajstić information content (AvgIpc) is 2.74. The highest BCUT2D eigenvalue weighted by molar-refractivity contribution is 7.88. The second-order valence-electron chi connectivity index (χ2n) is 4.80. The number of sulfonamides is 1. The lowest BCUT2D eigenvalue weighted by Crippen LogP contribution is -2.46. The van der Waals surface area contributed by atoms with E-state index in [1.165, 1.54) is 21.6 Å². The van der Waals surface area contributed by atoms with E-state index in [9.17, 15) is 13.2 Å². The molecule has 0 aliphatic carbocycles. The van der Waals surface area contributed by atoms with Gasteiger partial charge in [-0.15, -0.1) is 5.10 Å². The highest BCUT2D eigenvalue weighted by atomic mass is 32.2. The number of piperidine rings is 1. The Balaban J connectivity index is 1.79. The first-order valence-electron chi connectivity index (χ1n) is 6.24. The zero-order valence-corrected chi connectivity index (χ0v) is 12.0. The van der Waals surface area contributed by atoms with E-state index in [1.807, 2.05) is 0 Å².